The highest BCUT2D eigenvalue weighted by Crippen LogP contribution is 2.52. The smallest absolute Gasteiger partial charge is 0.310 e. The number of carbonyl (C=O) groups excluding carboxylic acids is 1. The zero-order chi connectivity index (χ0) is 17.4. The second-order valence-corrected chi connectivity index (χ2v) is 7.39. The third-order valence-electron chi connectivity index (χ3n) is 5.71. The molecule has 7 nitrogen and oxygen atoms in total. The van der Waals surface area contributed by atoms with Crippen molar-refractivity contribution in [2.24, 2.45) is 28.8 Å². The minimum absolute atomic E-state index is 0.0879. The van der Waals surface area contributed by atoms with Gasteiger partial charge in [0, 0.05) is 11.8 Å². The molecule has 0 spiro atoms. The summed E-state index contributed by atoms with van der Waals surface area (Å²) in [4.78, 5) is 22.4. The second kappa shape index (κ2) is 6.46. The maximum Gasteiger partial charge on any atom is 0.310 e. The number of nitrogens with one attached hydrogen (secondary N) is 1. The fourth-order valence-corrected chi connectivity index (χ4v) is 4.88. The van der Waals surface area contributed by atoms with E-state index in [2.05, 4.69) is 10.5 Å². The first kappa shape index (κ1) is 16.1. The van der Waals surface area contributed by atoms with Crippen molar-refractivity contribution in [3.63, 3.8) is 0 Å². The quantitative estimate of drug-likeness (QED) is 0.657. The number of rotatable bonds is 5. The van der Waals surface area contributed by atoms with Crippen molar-refractivity contribution >= 4 is 17.3 Å². The number of carbonyl (C=O) groups is 1. The molecule has 0 unspecified atom stereocenters. The Labute approximate surface area is 145 Å². The SMILES string of the molecule is O=C(COc1ccccc1[N+](=O)[O-])NN=C1C2CC3CC(C2)CC1C3. The number of para-hydroxylation sites is 2. The highest BCUT2D eigenvalue weighted by molar-refractivity contribution is 5.92. The average molecular weight is 343 g/mol. The zero-order valence-corrected chi connectivity index (χ0v) is 13.9. The summed E-state index contributed by atoms with van der Waals surface area (Å²) in [5, 5.41) is 15.3. The van der Waals surface area contributed by atoms with Crippen LogP contribution in [0.4, 0.5) is 5.69 Å². The number of hydrogen-bond acceptors (Lipinski definition) is 5. The first-order chi connectivity index (χ1) is 12.1. The molecule has 4 aliphatic carbocycles. The largest absolute Gasteiger partial charge is 0.477 e. The molecule has 1 aromatic carbocycles. The topological polar surface area (TPSA) is 93.8 Å². The van der Waals surface area contributed by atoms with Gasteiger partial charge in [0.2, 0.25) is 0 Å². The molecule has 1 N–H and O–H groups in total. The Hall–Kier alpha value is -2.44. The van der Waals surface area contributed by atoms with Crippen LogP contribution in [0.5, 0.6) is 5.75 Å². The van der Waals surface area contributed by atoms with Crippen LogP contribution in [-0.4, -0.2) is 23.1 Å². The van der Waals surface area contributed by atoms with Crippen molar-refractivity contribution in [1.82, 2.24) is 5.43 Å². The van der Waals surface area contributed by atoms with Crippen molar-refractivity contribution in [1.29, 1.82) is 0 Å². The summed E-state index contributed by atoms with van der Waals surface area (Å²) in [5.41, 5.74) is 3.58. The van der Waals surface area contributed by atoms with Gasteiger partial charge in [-0.15, -0.1) is 0 Å². The molecule has 132 valence electrons. The standard InChI is InChI=1S/C18H21N3O4/c22-17(10-25-16-4-2-1-3-15(16)21(23)24)19-20-18-13-6-11-5-12(8-13)9-14(18)7-11/h1-4,11-14H,5-10H2,(H,19,22). The number of hydrazone groups is 1. The predicted octanol–water partition coefficient (Wildman–Crippen LogP) is 2.90. The highest BCUT2D eigenvalue weighted by Gasteiger charge is 2.46. The summed E-state index contributed by atoms with van der Waals surface area (Å²) < 4.78 is 5.30. The van der Waals surface area contributed by atoms with Gasteiger partial charge >= 0.3 is 5.69 Å². The number of hydrogen-bond donors (Lipinski definition) is 1. The average Bonchev–Trinajstić information content (AvgIpc) is 2.59. The third-order valence-corrected chi connectivity index (χ3v) is 5.71. The fraction of sp³-hybridized carbons (Fsp3) is 0.556. The van der Waals surface area contributed by atoms with Crippen LogP contribution < -0.4 is 10.2 Å². The Morgan fingerprint density at radius 3 is 2.44 bits per heavy atom. The van der Waals surface area contributed by atoms with Crippen LogP contribution in [0.25, 0.3) is 0 Å². The van der Waals surface area contributed by atoms with Crippen molar-refractivity contribution in [3.8, 4) is 5.75 Å². The molecule has 4 saturated carbocycles. The zero-order valence-electron chi connectivity index (χ0n) is 13.9. The van der Waals surface area contributed by atoms with Crippen LogP contribution in [0.2, 0.25) is 0 Å². The van der Waals surface area contributed by atoms with E-state index in [4.69, 9.17) is 4.74 Å². The first-order valence-electron chi connectivity index (χ1n) is 8.82. The monoisotopic (exact) mass is 343 g/mol. The van der Waals surface area contributed by atoms with Gasteiger partial charge in [0.15, 0.2) is 12.4 Å². The molecule has 5 rings (SSSR count). The molecule has 0 radical (unpaired) electrons. The van der Waals surface area contributed by atoms with Gasteiger partial charge in [0.05, 0.1) is 4.92 Å². The van der Waals surface area contributed by atoms with E-state index in [-0.39, 0.29) is 24.0 Å². The maximum absolute atomic E-state index is 12.0. The molecule has 0 atom stereocenters. The molecule has 0 aliphatic heterocycles. The normalized spacial score (nSPS) is 29.4. The molecule has 4 fully saturated rings. The number of benzene rings is 1. The van der Waals surface area contributed by atoms with E-state index in [1.807, 2.05) is 0 Å². The lowest BCUT2D eigenvalue weighted by Gasteiger charge is -2.50. The Morgan fingerprint density at radius 2 is 1.80 bits per heavy atom. The molecule has 1 amide bonds. The van der Waals surface area contributed by atoms with E-state index >= 15 is 0 Å². The van der Waals surface area contributed by atoms with E-state index in [1.165, 1.54) is 44.2 Å². The number of amides is 1. The van der Waals surface area contributed by atoms with E-state index in [1.54, 1.807) is 12.1 Å². The van der Waals surface area contributed by atoms with Crippen LogP contribution in [0.1, 0.15) is 32.1 Å². The molecular weight excluding hydrogens is 322 g/mol. The molecular formula is C18H21N3O4. The Bertz CT molecular complexity index is 701. The Balaban J connectivity index is 1.35. The van der Waals surface area contributed by atoms with Crippen LogP contribution in [0.3, 0.4) is 0 Å². The second-order valence-electron chi connectivity index (χ2n) is 7.39. The molecule has 7 heteroatoms. The minimum Gasteiger partial charge on any atom is -0.477 e. The van der Waals surface area contributed by atoms with Crippen LogP contribution in [0, 0.1) is 33.8 Å². The Morgan fingerprint density at radius 1 is 1.16 bits per heavy atom. The highest BCUT2D eigenvalue weighted by atomic mass is 16.6. The summed E-state index contributed by atoms with van der Waals surface area (Å²) in [6.07, 6.45) is 6.18. The summed E-state index contributed by atoms with van der Waals surface area (Å²) in [6, 6.07) is 6.02. The molecule has 0 heterocycles. The van der Waals surface area contributed by atoms with E-state index in [0.717, 1.165) is 17.5 Å². The van der Waals surface area contributed by atoms with Gasteiger partial charge < -0.3 is 4.74 Å². The summed E-state index contributed by atoms with van der Waals surface area (Å²) >= 11 is 0. The van der Waals surface area contributed by atoms with Crippen molar-refractivity contribution in [2.45, 2.75) is 32.1 Å². The lowest BCUT2D eigenvalue weighted by atomic mass is 9.55. The Kier molecular flexibility index (Phi) is 4.15. The van der Waals surface area contributed by atoms with Crippen molar-refractivity contribution in [2.75, 3.05) is 6.61 Å². The fourth-order valence-electron chi connectivity index (χ4n) is 4.88. The van der Waals surface area contributed by atoms with E-state index in [0.29, 0.717) is 11.8 Å². The molecule has 4 aliphatic rings. The van der Waals surface area contributed by atoms with Crippen molar-refractivity contribution < 1.29 is 14.5 Å². The minimum atomic E-state index is -0.526. The van der Waals surface area contributed by atoms with Gasteiger partial charge in [0.25, 0.3) is 5.91 Å². The lowest BCUT2D eigenvalue weighted by Crippen LogP contribution is -2.46. The summed E-state index contributed by atoms with van der Waals surface area (Å²) in [7, 11) is 0. The maximum atomic E-state index is 12.0. The van der Waals surface area contributed by atoms with Crippen LogP contribution in [0.15, 0.2) is 29.4 Å². The molecule has 0 aromatic heterocycles. The van der Waals surface area contributed by atoms with Crippen molar-refractivity contribution in [3.05, 3.63) is 34.4 Å². The molecule has 1 aromatic rings. The van der Waals surface area contributed by atoms with Gasteiger partial charge in [0.1, 0.15) is 0 Å². The number of ether oxygens (including phenoxy) is 1. The number of nitrogens with zero attached hydrogens (tertiary/aromatic N) is 2. The van der Waals surface area contributed by atoms with Gasteiger partial charge in [-0.1, -0.05) is 12.1 Å². The van der Waals surface area contributed by atoms with Crippen LogP contribution >= 0.6 is 0 Å². The third kappa shape index (κ3) is 3.23. The van der Waals surface area contributed by atoms with Crippen LogP contribution in [-0.2, 0) is 4.79 Å². The van der Waals surface area contributed by atoms with Gasteiger partial charge in [-0.3, -0.25) is 14.9 Å². The predicted molar refractivity (Wildman–Crippen MR) is 91.2 cm³/mol. The lowest BCUT2D eigenvalue weighted by molar-refractivity contribution is -0.385. The summed E-state index contributed by atoms with van der Waals surface area (Å²) in [6.45, 7) is -0.289. The molecule has 25 heavy (non-hydrogen) atoms. The van der Waals surface area contributed by atoms with Gasteiger partial charge in [-0.05, 0) is 61.8 Å². The molecule has 4 bridgehead atoms. The first-order valence-corrected chi connectivity index (χ1v) is 8.82. The number of nitro groups is 1. The summed E-state index contributed by atoms with van der Waals surface area (Å²) in [5.74, 6) is 2.43. The van der Waals surface area contributed by atoms with Gasteiger partial charge in [-0.2, -0.15) is 5.10 Å². The van der Waals surface area contributed by atoms with E-state index < -0.39 is 4.92 Å². The van der Waals surface area contributed by atoms with Gasteiger partial charge in [-0.25, -0.2) is 5.43 Å². The van der Waals surface area contributed by atoms with E-state index in [9.17, 15) is 14.9 Å². The number of nitro benzene ring substituents is 1. The molecule has 0 saturated heterocycles.